The zero-order valence-electron chi connectivity index (χ0n) is 9.55. The van der Waals surface area contributed by atoms with Crippen LogP contribution >= 0.6 is 11.6 Å². The van der Waals surface area contributed by atoms with Gasteiger partial charge in [-0.3, -0.25) is 9.48 Å². The lowest BCUT2D eigenvalue weighted by atomic mass is 10.2. The second kappa shape index (κ2) is 3.99. The first-order chi connectivity index (χ1) is 8.63. The number of halogens is 1. The first-order valence-corrected chi connectivity index (χ1v) is 5.74. The van der Waals surface area contributed by atoms with Crippen LogP contribution in [0.1, 0.15) is 16.1 Å². The Bertz CT molecular complexity index is 742. The van der Waals surface area contributed by atoms with Gasteiger partial charge in [-0.25, -0.2) is 0 Å². The van der Waals surface area contributed by atoms with E-state index in [2.05, 4.69) is 5.10 Å². The fourth-order valence-electron chi connectivity index (χ4n) is 1.81. The second-order valence-electron chi connectivity index (χ2n) is 4.02. The Morgan fingerprint density at radius 2 is 2.22 bits per heavy atom. The van der Waals surface area contributed by atoms with E-state index in [4.69, 9.17) is 16.0 Å². The van der Waals surface area contributed by atoms with Crippen LogP contribution in [-0.4, -0.2) is 15.6 Å². The maximum Gasteiger partial charge on any atom is 0.231 e. The lowest BCUT2D eigenvalue weighted by molar-refractivity contribution is 0.101. The largest absolute Gasteiger partial charge is 0.453 e. The summed E-state index contributed by atoms with van der Waals surface area (Å²) in [5, 5.41) is 5.39. The summed E-state index contributed by atoms with van der Waals surface area (Å²) in [5.74, 6) is 0.107. The van der Waals surface area contributed by atoms with Crippen LogP contribution in [0.4, 0.5) is 0 Å². The number of hydrogen-bond donors (Lipinski definition) is 0. The monoisotopic (exact) mass is 260 g/mol. The van der Waals surface area contributed by atoms with Gasteiger partial charge < -0.3 is 4.42 Å². The predicted octanol–water partition coefficient (Wildman–Crippen LogP) is 3.05. The fraction of sp³-hybridized carbons (Fsp3) is 0.0769. The van der Waals surface area contributed by atoms with Crippen molar-refractivity contribution < 1.29 is 9.21 Å². The van der Waals surface area contributed by atoms with Gasteiger partial charge in [-0.1, -0.05) is 11.6 Å². The molecule has 2 heterocycles. The Hall–Kier alpha value is -2.07. The SMILES string of the molecule is Cn1cc(C(=O)c2cc3cc(Cl)ccc3o2)cn1. The van der Waals surface area contributed by atoms with Gasteiger partial charge in [-0.15, -0.1) is 0 Å². The minimum Gasteiger partial charge on any atom is -0.453 e. The summed E-state index contributed by atoms with van der Waals surface area (Å²) in [6.45, 7) is 0. The summed E-state index contributed by atoms with van der Waals surface area (Å²) >= 11 is 5.89. The van der Waals surface area contributed by atoms with Crippen molar-refractivity contribution >= 4 is 28.4 Å². The molecule has 2 aromatic heterocycles. The van der Waals surface area contributed by atoms with Crippen molar-refractivity contribution in [2.45, 2.75) is 0 Å². The number of nitrogens with zero attached hydrogens (tertiary/aromatic N) is 2. The van der Waals surface area contributed by atoms with Crippen molar-refractivity contribution in [3.8, 4) is 0 Å². The maximum absolute atomic E-state index is 12.1. The molecule has 0 aliphatic heterocycles. The molecular formula is C13H9ClN2O2. The number of aryl methyl sites for hydroxylation is 1. The highest BCUT2D eigenvalue weighted by Gasteiger charge is 2.16. The van der Waals surface area contributed by atoms with E-state index >= 15 is 0 Å². The molecule has 0 bridgehead atoms. The summed E-state index contributed by atoms with van der Waals surface area (Å²) in [6.07, 6.45) is 3.17. The molecule has 1 aromatic carbocycles. The maximum atomic E-state index is 12.1. The van der Waals surface area contributed by atoms with Gasteiger partial charge in [0.05, 0.1) is 11.8 Å². The number of carbonyl (C=O) groups excluding carboxylic acids is 1. The van der Waals surface area contributed by atoms with Crippen LogP contribution in [0.3, 0.4) is 0 Å². The molecule has 4 nitrogen and oxygen atoms in total. The highest BCUT2D eigenvalue weighted by Crippen LogP contribution is 2.24. The van der Waals surface area contributed by atoms with Gasteiger partial charge in [0.2, 0.25) is 5.78 Å². The van der Waals surface area contributed by atoms with Crippen LogP contribution in [-0.2, 0) is 7.05 Å². The molecule has 0 amide bonds. The lowest BCUT2D eigenvalue weighted by Gasteiger charge is -1.90. The van der Waals surface area contributed by atoms with Crippen molar-refractivity contribution in [3.05, 3.63) is 53.0 Å². The third kappa shape index (κ3) is 1.80. The summed E-state index contributed by atoms with van der Waals surface area (Å²) < 4.78 is 7.08. The number of benzene rings is 1. The van der Waals surface area contributed by atoms with Gasteiger partial charge in [0.25, 0.3) is 0 Å². The molecule has 0 spiro atoms. The number of ketones is 1. The number of aromatic nitrogens is 2. The van der Waals surface area contributed by atoms with Crippen LogP contribution in [0.5, 0.6) is 0 Å². The first-order valence-electron chi connectivity index (χ1n) is 5.36. The summed E-state index contributed by atoms with van der Waals surface area (Å²) in [4.78, 5) is 12.1. The zero-order chi connectivity index (χ0) is 12.7. The predicted molar refractivity (Wildman–Crippen MR) is 67.9 cm³/mol. The van der Waals surface area contributed by atoms with Crippen molar-refractivity contribution in [1.29, 1.82) is 0 Å². The molecule has 3 aromatic rings. The third-order valence-corrected chi connectivity index (χ3v) is 2.90. The fourth-order valence-corrected chi connectivity index (χ4v) is 1.99. The average Bonchev–Trinajstić information content (AvgIpc) is 2.93. The van der Waals surface area contributed by atoms with Gasteiger partial charge in [0.15, 0.2) is 5.76 Å². The Balaban J connectivity index is 2.06. The van der Waals surface area contributed by atoms with E-state index in [-0.39, 0.29) is 5.78 Å². The molecule has 0 saturated carbocycles. The summed E-state index contributed by atoms with van der Waals surface area (Å²) in [7, 11) is 1.76. The number of rotatable bonds is 2. The normalized spacial score (nSPS) is 11.0. The van der Waals surface area contributed by atoms with E-state index in [0.717, 1.165) is 5.39 Å². The minimum atomic E-state index is -0.185. The second-order valence-corrected chi connectivity index (χ2v) is 4.46. The smallest absolute Gasteiger partial charge is 0.231 e. The Kier molecular flexibility index (Phi) is 2.45. The van der Waals surface area contributed by atoms with Crippen LogP contribution in [0.15, 0.2) is 41.1 Å². The highest BCUT2D eigenvalue weighted by molar-refractivity contribution is 6.31. The molecule has 0 unspecified atom stereocenters. The first kappa shape index (κ1) is 11.0. The molecule has 0 N–H and O–H groups in total. The van der Waals surface area contributed by atoms with Crippen LogP contribution in [0, 0.1) is 0 Å². The molecule has 18 heavy (non-hydrogen) atoms. The topological polar surface area (TPSA) is 48.0 Å². The van der Waals surface area contributed by atoms with Gasteiger partial charge in [0.1, 0.15) is 5.58 Å². The zero-order valence-corrected chi connectivity index (χ0v) is 10.3. The van der Waals surface area contributed by atoms with Crippen LogP contribution in [0.25, 0.3) is 11.0 Å². The van der Waals surface area contributed by atoms with Crippen molar-refractivity contribution in [1.82, 2.24) is 9.78 Å². The summed E-state index contributed by atoms with van der Waals surface area (Å²) in [5.41, 5.74) is 1.15. The number of fused-ring (bicyclic) bond motifs is 1. The molecule has 3 rings (SSSR count). The van der Waals surface area contributed by atoms with E-state index in [1.54, 1.807) is 42.2 Å². The van der Waals surface area contributed by atoms with Gasteiger partial charge in [-0.2, -0.15) is 5.10 Å². The molecule has 0 fully saturated rings. The minimum absolute atomic E-state index is 0.185. The molecule has 0 aliphatic rings. The quantitative estimate of drug-likeness (QED) is 0.666. The van der Waals surface area contributed by atoms with Crippen molar-refractivity contribution in [2.75, 3.05) is 0 Å². The molecule has 0 atom stereocenters. The standard InChI is InChI=1S/C13H9ClN2O2/c1-16-7-9(6-15-16)13(17)12-5-8-4-10(14)2-3-11(8)18-12/h2-7H,1H3. The van der Waals surface area contributed by atoms with E-state index in [1.807, 2.05) is 0 Å². The van der Waals surface area contributed by atoms with E-state index in [1.165, 1.54) is 6.20 Å². The molecule has 5 heteroatoms. The van der Waals surface area contributed by atoms with E-state index < -0.39 is 0 Å². The number of carbonyl (C=O) groups is 1. The molecule has 0 saturated heterocycles. The van der Waals surface area contributed by atoms with Crippen molar-refractivity contribution in [3.63, 3.8) is 0 Å². The highest BCUT2D eigenvalue weighted by atomic mass is 35.5. The Morgan fingerprint density at radius 3 is 2.94 bits per heavy atom. The Labute approximate surface area is 108 Å². The van der Waals surface area contributed by atoms with Gasteiger partial charge >= 0.3 is 0 Å². The average molecular weight is 261 g/mol. The van der Waals surface area contributed by atoms with E-state index in [0.29, 0.717) is 21.9 Å². The number of furan rings is 1. The molecule has 0 aliphatic carbocycles. The van der Waals surface area contributed by atoms with E-state index in [9.17, 15) is 4.79 Å². The van der Waals surface area contributed by atoms with Crippen LogP contribution in [0.2, 0.25) is 5.02 Å². The van der Waals surface area contributed by atoms with Crippen LogP contribution < -0.4 is 0 Å². The third-order valence-electron chi connectivity index (χ3n) is 2.67. The molecule has 0 radical (unpaired) electrons. The van der Waals surface area contributed by atoms with Crippen molar-refractivity contribution in [2.24, 2.45) is 7.05 Å². The molecule has 90 valence electrons. The summed E-state index contributed by atoms with van der Waals surface area (Å²) in [6, 6.07) is 6.93. The Morgan fingerprint density at radius 1 is 1.39 bits per heavy atom. The molecular weight excluding hydrogens is 252 g/mol. The lowest BCUT2D eigenvalue weighted by Crippen LogP contribution is -1.97. The number of hydrogen-bond acceptors (Lipinski definition) is 3. The van der Waals surface area contributed by atoms with Gasteiger partial charge in [0, 0.05) is 23.7 Å². The van der Waals surface area contributed by atoms with Gasteiger partial charge in [-0.05, 0) is 24.3 Å².